The normalized spacial score (nSPS) is 18.5. The summed E-state index contributed by atoms with van der Waals surface area (Å²) in [5.74, 6) is 0. The summed E-state index contributed by atoms with van der Waals surface area (Å²) in [7, 11) is 0. The molecular formula is C26H22N4O3S. The molecule has 7 nitrogen and oxygen atoms in total. The van der Waals surface area contributed by atoms with Crippen molar-refractivity contribution < 1.29 is 9.84 Å². The van der Waals surface area contributed by atoms with E-state index in [0.29, 0.717) is 30.4 Å². The van der Waals surface area contributed by atoms with Gasteiger partial charge in [0.2, 0.25) is 0 Å². The van der Waals surface area contributed by atoms with Gasteiger partial charge in [-0.05, 0) is 47.6 Å². The van der Waals surface area contributed by atoms with Crippen LogP contribution in [0.5, 0.6) is 0 Å². The first-order valence-corrected chi connectivity index (χ1v) is 12.1. The van der Waals surface area contributed by atoms with Crippen LogP contribution in [0.3, 0.4) is 0 Å². The van der Waals surface area contributed by atoms with Gasteiger partial charge in [-0.15, -0.1) is 11.3 Å². The van der Waals surface area contributed by atoms with Crippen molar-refractivity contribution in [3.8, 4) is 10.6 Å². The molecule has 1 saturated heterocycles. The molecule has 3 aromatic heterocycles. The number of rotatable bonds is 4. The van der Waals surface area contributed by atoms with Gasteiger partial charge in [0, 0.05) is 24.4 Å². The molecule has 5 aromatic rings. The van der Waals surface area contributed by atoms with Gasteiger partial charge in [-0.2, -0.15) is 0 Å². The maximum atomic E-state index is 13.6. The molecule has 0 unspecified atom stereocenters. The second-order valence-electron chi connectivity index (χ2n) is 8.52. The first kappa shape index (κ1) is 21.1. The molecule has 0 amide bonds. The Labute approximate surface area is 199 Å². The smallest absolute Gasteiger partial charge is 0.261 e. The van der Waals surface area contributed by atoms with E-state index in [1.807, 2.05) is 42.7 Å². The number of nitrogens with zero attached hydrogens (tertiary/aromatic N) is 4. The fourth-order valence-corrected chi connectivity index (χ4v) is 5.34. The van der Waals surface area contributed by atoms with Crippen LogP contribution in [0.25, 0.3) is 32.2 Å². The van der Waals surface area contributed by atoms with Gasteiger partial charge < -0.3 is 9.84 Å². The summed E-state index contributed by atoms with van der Waals surface area (Å²) in [6.07, 6.45) is 5.70. The largest absolute Gasteiger partial charge is 0.389 e. The number of fused-ring (bicyclic) bond motifs is 3. The lowest BCUT2D eigenvalue weighted by atomic mass is 9.96. The molecule has 170 valence electrons. The zero-order valence-electron chi connectivity index (χ0n) is 18.3. The lowest BCUT2D eigenvalue weighted by molar-refractivity contribution is -0.0395. The Morgan fingerprint density at radius 2 is 2.00 bits per heavy atom. The fourth-order valence-electron chi connectivity index (χ4n) is 4.75. The number of hydrogen-bond donors (Lipinski definition) is 1. The van der Waals surface area contributed by atoms with E-state index in [1.54, 1.807) is 27.7 Å². The second kappa shape index (κ2) is 8.72. The van der Waals surface area contributed by atoms with Gasteiger partial charge >= 0.3 is 0 Å². The summed E-state index contributed by atoms with van der Waals surface area (Å²) in [5, 5.41) is 13.0. The number of thiazole rings is 1. The van der Waals surface area contributed by atoms with Crippen LogP contribution in [0, 0.1) is 0 Å². The average Bonchev–Trinajstić information content (AvgIpc) is 3.41. The summed E-state index contributed by atoms with van der Waals surface area (Å²) in [6, 6.07) is 13.8. The molecule has 1 N–H and O–H groups in total. The predicted molar refractivity (Wildman–Crippen MR) is 132 cm³/mol. The van der Waals surface area contributed by atoms with Gasteiger partial charge in [0.15, 0.2) is 0 Å². The Balaban J connectivity index is 1.49. The first-order chi connectivity index (χ1) is 16.7. The van der Waals surface area contributed by atoms with E-state index in [0.717, 1.165) is 32.5 Å². The minimum Gasteiger partial charge on any atom is -0.389 e. The van der Waals surface area contributed by atoms with Crippen molar-refractivity contribution >= 4 is 33.0 Å². The number of aliphatic hydroxyl groups excluding tert-OH is 1. The molecule has 1 aliphatic heterocycles. The number of aliphatic hydroxyl groups is 1. The maximum absolute atomic E-state index is 13.6. The molecule has 0 saturated carbocycles. The standard InChI is InChI=1S/C26H22N4O3S/c31-23-13-33-8-6-22(23)30-14-29-25-19-4-2-1-3-18(19)17(11-20(25)26(30)32)9-16-5-7-28-21(10-16)24-12-27-15-34-24/h1-5,7,10-12,14-15,22-23,31H,6,8-9,13H2/t22-,23-/m0/s1. The van der Waals surface area contributed by atoms with Crippen LogP contribution < -0.4 is 5.56 Å². The van der Waals surface area contributed by atoms with Crippen LogP contribution >= 0.6 is 11.3 Å². The minimum absolute atomic E-state index is 0.136. The van der Waals surface area contributed by atoms with E-state index in [9.17, 15) is 9.90 Å². The molecule has 4 heterocycles. The van der Waals surface area contributed by atoms with E-state index in [2.05, 4.69) is 27.1 Å². The van der Waals surface area contributed by atoms with E-state index >= 15 is 0 Å². The Hall–Kier alpha value is -3.46. The summed E-state index contributed by atoms with van der Waals surface area (Å²) >= 11 is 1.56. The van der Waals surface area contributed by atoms with Gasteiger partial charge in [0.1, 0.15) is 0 Å². The number of hydrogen-bond acceptors (Lipinski definition) is 7. The van der Waals surface area contributed by atoms with Gasteiger partial charge in [0.25, 0.3) is 5.56 Å². The van der Waals surface area contributed by atoms with Gasteiger partial charge in [0.05, 0.1) is 52.1 Å². The third kappa shape index (κ3) is 3.69. The van der Waals surface area contributed by atoms with Crippen LogP contribution in [0.4, 0.5) is 0 Å². The van der Waals surface area contributed by atoms with E-state index < -0.39 is 6.10 Å². The highest BCUT2D eigenvalue weighted by atomic mass is 32.1. The molecule has 0 radical (unpaired) electrons. The Morgan fingerprint density at radius 1 is 1.12 bits per heavy atom. The molecular weight excluding hydrogens is 448 g/mol. The van der Waals surface area contributed by atoms with Crippen molar-refractivity contribution in [3.05, 3.63) is 88.2 Å². The molecule has 0 aliphatic carbocycles. The van der Waals surface area contributed by atoms with Crippen molar-refractivity contribution in [2.24, 2.45) is 0 Å². The molecule has 0 bridgehead atoms. The number of aromatic nitrogens is 4. The Morgan fingerprint density at radius 3 is 2.82 bits per heavy atom. The molecule has 0 spiro atoms. The predicted octanol–water partition coefficient (Wildman–Crippen LogP) is 3.98. The maximum Gasteiger partial charge on any atom is 0.261 e. The highest BCUT2D eigenvalue weighted by molar-refractivity contribution is 7.13. The average molecular weight is 471 g/mol. The van der Waals surface area contributed by atoms with Crippen molar-refractivity contribution in [1.82, 2.24) is 19.5 Å². The van der Waals surface area contributed by atoms with E-state index in [4.69, 9.17) is 4.74 Å². The number of ether oxygens (including phenoxy) is 1. The van der Waals surface area contributed by atoms with Crippen LogP contribution in [0.2, 0.25) is 0 Å². The summed E-state index contributed by atoms with van der Waals surface area (Å²) in [4.78, 5) is 27.9. The van der Waals surface area contributed by atoms with Gasteiger partial charge in [-0.25, -0.2) is 4.98 Å². The molecule has 2 aromatic carbocycles. The van der Waals surface area contributed by atoms with Crippen LogP contribution in [-0.4, -0.2) is 43.9 Å². The van der Waals surface area contributed by atoms with E-state index in [-0.39, 0.29) is 18.2 Å². The molecule has 8 heteroatoms. The SMILES string of the molecule is O=c1c2cc(Cc3ccnc(-c4cncs4)c3)c3ccccc3c2ncn1[C@H]1CCOC[C@@H]1O. The summed E-state index contributed by atoms with van der Waals surface area (Å²) in [6.45, 7) is 0.738. The van der Waals surface area contributed by atoms with Crippen molar-refractivity contribution in [2.45, 2.75) is 25.0 Å². The van der Waals surface area contributed by atoms with Crippen LogP contribution in [-0.2, 0) is 11.2 Å². The molecule has 6 rings (SSSR count). The summed E-state index contributed by atoms with van der Waals surface area (Å²) in [5.41, 5.74) is 5.39. The molecule has 1 aliphatic rings. The van der Waals surface area contributed by atoms with E-state index in [1.165, 1.54) is 0 Å². The van der Waals surface area contributed by atoms with Crippen molar-refractivity contribution in [3.63, 3.8) is 0 Å². The number of benzene rings is 2. The molecule has 34 heavy (non-hydrogen) atoms. The highest BCUT2D eigenvalue weighted by Gasteiger charge is 2.27. The van der Waals surface area contributed by atoms with Crippen molar-refractivity contribution in [1.29, 1.82) is 0 Å². The lowest BCUT2D eigenvalue weighted by Gasteiger charge is -2.29. The fraction of sp³-hybridized carbons (Fsp3) is 0.231. The Bertz CT molecular complexity index is 1550. The summed E-state index contributed by atoms with van der Waals surface area (Å²) < 4.78 is 6.92. The van der Waals surface area contributed by atoms with Gasteiger partial charge in [-0.1, -0.05) is 24.3 Å². The Kier molecular flexibility index (Phi) is 5.41. The zero-order valence-corrected chi connectivity index (χ0v) is 19.1. The third-order valence-electron chi connectivity index (χ3n) is 6.43. The third-order valence-corrected chi connectivity index (χ3v) is 7.23. The highest BCUT2D eigenvalue weighted by Crippen LogP contribution is 2.29. The monoisotopic (exact) mass is 470 g/mol. The second-order valence-corrected chi connectivity index (χ2v) is 9.41. The van der Waals surface area contributed by atoms with Crippen LogP contribution in [0.15, 0.2) is 71.5 Å². The zero-order chi connectivity index (χ0) is 23.1. The van der Waals surface area contributed by atoms with Crippen LogP contribution in [0.1, 0.15) is 23.6 Å². The van der Waals surface area contributed by atoms with Crippen molar-refractivity contribution in [2.75, 3.05) is 13.2 Å². The molecule has 1 fully saturated rings. The number of pyridine rings is 1. The van der Waals surface area contributed by atoms with Gasteiger partial charge in [-0.3, -0.25) is 19.3 Å². The molecule has 2 atom stereocenters. The first-order valence-electron chi connectivity index (χ1n) is 11.2. The minimum atomic E-state index is -0.729. The lowest BCUT2D eigenvalue weighted by Crippen LogP contribution is -2.39. The topological polar surface area (TPSA) is 90.1 Å². The quantitative estimate of drug-likeness (QED) is 0.400.